The minimum Gasteiger partial charge on any atom is -0.0805 e. The molecule has 0 heteroatoms. The van der Waals surface area contributed by atoms with Crippen molar-refractivity contribution in [3.63, 3.8) is 0 Å². The molecule has 0 bridgehead atoms. The quantitative estimate of drug-likeness (QED) is 0.638. The molecule has 0 aromatic rings. The van der Waals surface area contributed by atoms with Crippen LogP contribution >= 0.6 is 0 Å². The van der Waals surface area contributed by atoms with Crippen molar-refractivity contribution in [2.75, 3.05) is 0 Å². The summed E-state index contributed by atoms with van der Waals surface area (Å²) in [6.07, 6.45) is 18.9. The standard InChI is InChI=1S/C15H18/c1-12(13-6-2-3-7-13)15(10-11-15)14-8-4-5-9-14/h2-6,8,12H,7,9-11H2,1H3. The average molecular weight is 198 g/mol. The molecule has 1 unspecified atom stereocenters. The van der Waals surface area contributed by atoms with Gasteiger partial charge >= 0.3 is 0 Å². The molecule has 3 aliphatic carbocycles. The van der Waals surface area contributed by atoms with Gasteiger partial charge in [0.25, 0.3) is 0 Å². The lowest BCUT2D eigenvalue weighted by Gasteiger charge is -2.26. The van der Waals surface area contributed by atoms with Crippen molar-refractivity contribution in [2.45, 2.75) is 32.6 Å². The lowest BCUT2D eigenvalue weighted by Crippen LogP contribution is -2.16. The van der Waals surface area contributed by atoms with Crippen LogP contribution in [0.1, 0.15) is 32.6 Å². The van der Waals surface area contributed by atoms with Gasteiger partial charge in [0.1, 0.15) is 0 Å². The van der Waals surface area contributed by atoms with E-state index in [9.17, 15) is 0 Å². The zero-order valence-electron chi connectivity index (χ0n) is 9.37. The van der Waals surface area contributed by atoms with Crippen molar-refractivity contribution in [2.24, 2.45) is 11.3 Å². The second-order valence-corrected chi connectivity index (χ2v) is 5.08. The van der Waals surface area contributed by atoms with Crippen molar-refractivity contribution in [1.29, 1.82) is 0 Å². The SMILES string of the molecule is CC(C1=CC=CC1)C1(C2=CC=CC2)CC1. The molecule has 0 nitrogen and oxygen atoms in total. The van der Waals surface area contributed by atoms with E-state index in [0.717, 1.165) is 5.92 Å². The van der Waals surface area contributed by atoms with Crippen LogP contribution in [0.25, 0.3) is 0 Å². The van der Waals surface area contributed by atoms with Gasteiger partial charge in [-0.3, -0.25) is 0 Å². The maximum Gasteiger partial charge on any atom is -0.00183 e. The summed E-state index contributed by atoms with van der Waals surface area (Å²) in [6, 6.07) is 0. The fourth-order valence-electron chi connectivity index (χ4n) is 3.12. The Balaban J connectivity index is 1.81. The molecule has 0 saturated heterocycles. The van der Waals surface area contributed by atoms with Gasteiger partial charge in [-0.05, 0) is 37.0 Å². The lowest BCUT2D eigenvalue weighted by molar-refractivity contribution is 0.436. The van der Waals surface area contributed by atoms with Crippen molar-refractivity contribution in [3.05, 3.63) is 47.6 Å². The largest absolute Gasteiger partial charge is 0.0805 e. The first-order valence-electron chi connectivity index (χ1n) is 6.05. The van der Waals surface area contributed by atoms with E-state index in [1.54, 1.807) is 11.1 Å². The Bertz CT molecular complexity index is 386. The van der Waals surface area contributed by atoms with E-state index in [0.29, 0.717) is 5.41 Å². The van der Waals surface area contributed by atoms with Gasteiger partial charge in [-0.25, -0.2) is 0 Å². The van der Waals surface area contributed by atoms with Crippen molar-refractivity contribution in [1.82, 2.24) is 0 Å². The molecular weight excluding hydrogens is 180 g/mol. The Labute approximate surface area is 92.1 Å². The molecule has 0 N–H and O–H groups in total. The van der Waals surface area contributed by atoms with E-state index >= 15 is 0 Å². The summed E-state index contributed by atoms with van der Waals surface area (Å²) < 4.78 is 0. The van der Waals surface area contributed by atoms with Gasteiger partial charge in [-0.2, -0.15) is 0 Å². The highest BCUT2D eigenvalue weighted by Crippen LogP contribution is 2.61. The molecule has 15 heavy (non-hydrogen) atoms. The Hall–Kier alpha value is -1.04. The van der Waals surface area contributed by atoms with Gasteiger partial charge in [0, 0.05) is 0 Å². The predicted octanol–water partition coefficient (Wildman–Crippen LogP) is 4.18. The monoisotopic (exact) mass is 198 g/mol. The van der Waals surface area contributed by atoms with Gasteiger partial charge < -0.3 is 0 Å². The maximum absolute atomic E-state index is 2.42. The van der Waals surface area contributed by atoms with Gasteiger partial charge in [0.05, 0.1) is 0 Å². The van der Waals surface area contributed by atoms with Crippen LogP contribution in [0.5, 0.6) is 0 Å². The third kappa shape index (κ3) is 1.35. The normalized spacial score (nSPS) is 27.8. The van der Waals surface area contributed by atoms with E-state index in [4.69, 9.17) is 0 Å². The van der Waals surface area contributed by atoms with Crippen LogP contribution in [0.3, 0.4) is 0 Å². The fraction of sp³-hybridized carbons (Fsp3) is 0.467. The van der Waals surface area contributed by atoms with E-state index in [-0.39, 0.29) is 0 Å². The molecule has 0 amide bonds. The van der Waals surface area contributed by atoms with E-state index < -0.39 is 0 Å². The number of rotatable bonds is 3. The minimum atomic E-state index is 0.543. The molecule has 0 heterocycles. The Morgan fingerprint density at radius 2 is 1.80 bits per heavy atom. The third-order valence-corrected chi connectivity index (χ3v) is 4.38. The highest BCUT2D eigenvalue weighted by atomic mass is 14.5. The van der Waals surface area contributed by atoms with E-state index in [1.165, 1.54) is 25.7 Å². The molecule has 0 radical (unpaired) electrons. The van der Waals surface area contributed by atoms with Crippen LogP contribution in [-0.2, 0) is 0 Å². The van der Waals surface area contributed by atoms with Crippen molar-refractivity contribution >= 4 is 0 Å². The van der Waals surface area contributed by atoms with Crippen LogP contribution < -0.4 is 0 Å². The molecule has 1 saturated carbocycles. The summed E-state index contributed by atoms with van der Waals surface area (Å²) >= 11 is 0. The molecule has 0 aliphatic heterocycles. The summed E-state index contributed by atoms with van der Waals surface area (Å²) in [5.41, 5.74) is 3.87. The number of allylic oxidation sites excluding steroid dienone is 8. The summed E-state index contributed by atoms with van der Waals surface area (Å²) in [7, 11) is 0. The fourth-order valence-corrected chi connectivity index (χ4v) is 3.12. The first-order valence-corrected chi connectivity index (χ1v) is 6.05. The van der Waals surface area contributed by atoms with Crippen molar-refractivity contribution < 1.29 is 0 Å². The summed E-state index contributed by atoms with van der Waals surface area (Å²) in [5, 5.41) is 0. The molecule has 1 atom stereocenters. The summed E-state index contributed by atoms with van der Waals surface area (Å²) in [6.45, 7) is 2.42. The van der Waals surface area contributed by atoms with Gasteiger partial charge in [0.2, 0.25) is 0 Å². The molecule has 78 valence electrons. The van der Waals surface area contributed by atoms with Gasteiger partial charge in [-0.1, -0.05) is 54.5 Å². The molecule has 1 fully saturated rings. The lowest BCUT2D eigenvalue weighted by atomic mass is 9.78. The molecule has 0 aromatic heterocycles. The average Bonchev–Trinajstić information content (AvgIpc) is 2.78. The molecular formula is C15H18. The van der Waals surface area contributed by atoms with Gasteiger partial charge in [0.15, 0.2) is 0 Å². The highest BCUT2D eigenvalue weighted by Gasteiger charge is 2.50. The summed E-state index contributed by atoms with van der Waals surface area (Å²) in [5.74, 6) is 0.749. The number of hydrogen-bond donors (Lipinski definition) is 0. The Morgan fingerprint density at radius 1 is 1.07 bits per heavy atom. The molecule has 3 rings (SSSR count). The second-order valence-electron chi connectivity index (χ2n) is 5.08. The van der Waals surface area contributed by atoms with Crippen LogP contribution in [0.4, 0.5) is 0 Å². The first kappa shape index (κ1) is 9.21. The van der Waals surface area contributed by atoms with Crippen molar-refractivity contribution in [3.8, 4) is 0 Å². The van der Waals surface area contributed by atoms with Crippen LogP contribution in [0.15, 0.2) is 47.6 Å². The zero-order valence-corrected chi connectivity index (χ0v) is 9.37. The highest BCUT2D eigenvalue weighted by molar-refractivity contribution is 5.38. The third-order valence-electron chi connectivity index (χ3n) is 4.38. The second kappa shape index (κ2) is 3.23. The van der Waals surface area contributed by atoms with E-state index in [2.05, 4.69) is 43.4 Å². The smallest absolute Gasteiger partial charge is 0.00183 e. The Morgan fingerprint density at radius 3 is 2.33 bits per heavy atom. The molecule has 3 aliphatic rings. The van der Waals surface area contributed by atoms with Gasteiger partial charge in [-0.15, -0.1) is 0 Å². The van der Waals surface area contributed by atoms with Crippen LogP contribution in [0, 0.1) is 11.3 Å². The number of hydrogen-bond acceptors (Lipinski definition) is 0. The van der Waals surface area contributed by atoms with Crippen LogP contribution in [0.2, 0.25) is 0 Å². The molecule has 0 aromatic carbocycles. The predicted molar refractivity (Wildman–Crippen MR) is 64.5 cm³/mol. The molecule has 0 spiro atoms. The Kier molecular flexibility index (Phi) is 1.98. The first-order chi connectivity index (χ1) is 7.33. The van der Waals surface area contributed by atoms with Crippen LogP contribution in [-0.4, -0.2) is 0 Å². The van der Waals surface area contributed by atoms with E-state index in [1.807, 2.05) is 0 Å². The zero-order chi connectivity index (χ0) is 10.3. The summed E-state index contributed by atoms with van der Waals surface area (Å²) in [4.78, 5) is 0. The maximum atomic E-state index is 2.42. The minimum absolute atomic E-state index is 0.543. The topological polar surface area (TPSA) is 0 Å².